The van der Waals surface area contributed by atoms with E-state index in [1.807, 2.05) is 0 Å². The Labute approximate surface area is 60.6 Å². The third kappa shape index (κ3) is 1.51. The molecule has 0 saturated carbocycles. The summed E-state index contributed by atoms with van der Waals surface area (Å²) >= 11 is 0. The van der Waals surface area contributed by atoms with Crippen molar-refractivity contribution in [2.24, 2.45) is 5.92 Å². The fourth-order valence-corrected chi connectivity index (χ4v) is 1.00. The zero-order valence-corrected chi connectivity index (χ0v) is 6.02. The van der Waals surface area contributed by atoms with E-state index in [4.69, 9.17) is 0 Å². The molecule has 0 radical (unpaired) electrons. The number of ether oxygens (including phenoxy) is 1. The number of hydrogen-bond donors (Lipinski definition) is 0. The van der Waals surface area contributed by atoms with Gasteiger partial charge in [-0.25, -0.2) is 0 Å². The first-order chi connectivity index (χ1) is 4.84. The zero-order chi connectivity index (χ0) is 7.40. The molecule has 0 spiro atoms. The zero-order valence-electron chi connectivity index (χ0n) is 6.02. The first-order valence-electron chi connectivity index (χ1n) is 3.38. The highest BCUT2D eigenvalue weighted by Gasteiger charge is 2.18. The Balaban J connectivity index is 2.45. The second kappa shape index (κ2) is 3.26. The minimum absolute atomic E-state index is 0.0336. The van der Waals surface area contributed by atoms with E-state index in [9.17, 15) is 4.79 Å². The molecule has 0 fully saturated rings. The molecule has 0 amide bonds. The third-order valence-corrected chi connectivity index (χ3v) is 1.63. The van der Waals surface area contributed by atoms with E-state index in [0.29, 0.717) is 6.42 Å². The second-order valence-electron chi connectivity index (χ2n) is 2.32. The molecular formula is C8H10O2. The molecule has 0 aromatic rings. The van der Waals surface area contributed by atoms with Crippen LogP contribution in [0.1, 0.15) is 19.3 Å². The lowest BCUT2D eigenvalue weighted by molar-refractivity contribution is -0.145. The molecule has 2 heteroatoms. The molecule has 1 rings (SSSR count). The van der Waals surface area contributed by atoms with Crippen molar-refractivity contribution in [1.29, 1.82) is 0 Å². The van der Waals surface area contributed by atoms with E-state index in [1.165, 1.54) is 7.11 Å². The highest BCUT2D eigenvalue weighted by atomic mass is 16.5. The van der Waals surface area contributed by atoms with Crippen LogP contribution in [0.4, 0.5) is 0 Å². The second-order valence-corrected chi connectivity index (χ2v) is 2.32. The van der Waals surface area contributed by atoms with Crippen LogP contribution < -0.4 is 0 Å². The third-order valence-electron chi connectivity index (χ3n) is 1.63. The van der Waals surface area contributed by atoms with Gasteiger partial charge in [0.2, 0.25) is 0 Å². The highest BCUT2D eigenvalue weighted by molar-refractivity contribution is 5.72. The summed E-state index contributed by atoms with van der Waals surface area (Å²) in [5.41, 5.74) is 0. The maximum absolute atomic E-state index is 10.9. The molecular weight excluding hydrogens is 128 g/mol. The number of esters is 1. The minimum atomic E-state index is -0.117. The van der Waals surface area contributed by atoms with Gasteiger partial charge < -0.3 is 4.74 Å². The molecule has 0 heterocycles. The Morgan fingerprint density at radius 2 is 2.40 bits per heavy atom. The number of hydrogen-bond acceptors (Lipinski definition) is 2. The smallest absolute Gasteiger partial charge is 0.309 e. The molecule has 0 aliphatic heterocycles. The summed E-state index contributed by atoms with van der Waals surface area (Å²) in [7, 11) is 1.42. The van der Waals surface area contributed by atoms with Gasteiger partial charge in [-0.05, 0) is 6.42 Å². The first kappa shape index (κ1) is 7.14. The van der Waals surface area contributed by atoms with Crippen molar-refractivity contribution in [3.05, 3.63) is 0 Å². The van der Waals surface area contributed by atoms with Crippen molar-refractivity contribution in [3.63, 3.8) is 0 Å². The Hall–Kier alpha value is -0.970. The van der Waals surface area contributed by atoms with Gasteiger partial charge in [-0.3, -0.25) is 4.79 Å². The van der Waals surface area contributed by atoms with Gasteiger partial charge in [-0.1, -0.05) is 0 Å². The van der Waals surface area contributed by atoms with Crippen molar-refractivity contribution in [1.82, 2.24) is 0 Å². The van der Waals surface area contributed by atoms with E-state index in [1.54, 1.807) is 0 Å². The highest BCUT2D eigenvalue weighted by Crippen LogP contribution is 2.15. The molecule has 1 atom stereocenters. The Kier molecular flexibility index (Phi) is 2.33. The van der Waals surface area contributed by atoms with Crippen molar-refractivity contribution in [3.8, 4) is 11.8 Å². The van der Waals surface area contributed by atoms with Crippen LogP contribution in [-0.2, 0) is 9.53 Å². The van der Waals surface area contributed by atoms with Crippen LogP contribution in [0.15, 0.2) is 0 Å². The van der Waals surface area contributed by atoms with Gasteiger partial charge in [0.05, 0.1) is 13.0 Å². The van der Waals surface area contributed by atoms with Gasteiger partial charge in [-0.2, -0.15) is 0 Å². The van der Waals surface area contributed by atoms with E-state index in [2.05, 4.69) is 16.6 Å². The van der Waals surface area contributed by atoms with Crippen LogP contribution in [0.5, 0.6) is 0 Å². The molecule has 0 bridgehead atoms. The predicted molar refractivity (Wildman–Crippen MR) is 37.1 cm³/mol. The van der Waals surface area contributed by atoms with Gasteiger partial charge >= 0.3 is 5.97 Å². The van der Waals surface area contributed by atoms with Gasteiger partial charge in [-0.15, -0.1) is 11.8 Å². The molecule has 1 unspecified atom stereocenters. The van der Waals surface area contributed by atoms with E-state index >= 15 is 0 Å². The lowest BCUT2D eigenvalue weighted by Gasteiger charge is -2.11. The Bertz CT molecular complexity index is 185. The molecule has 1 aliphatic rings. The lowest BCUT2D eigenvalue weighted by atomic mass is 9.96. The summed E-state index contributed by atoms with van der Waals surface area (Å²) in [6.45, 7) is 0. The number of carbonyl (C=O) groups is 1. The average Bonchev–Trinajstić information content (AvgIpc) is 2.05. The standard InChI is InChI=1S/C8H10O2/c1-10-8(9)7-5-3-2-4-6-7/h7H,3,5-6H2,1H3. The van der Waals surface area contributed by atoms with E-state index < -0.39 is 0 Å². The normalized spacial score (nSPS) is 22.7. The Morgan fingerprint density at radius 3 is 2.90 bits per heavy atom. The molecule has 0 aromatic carbocycles. The molecule has 2 nitrogen and oxygen atoms in total. The van der Waals surface area contributed by atoms with Gasteiger partial charge in [0.25, 0.3) is 0 Å². The maximum Gasteiger partial charge on any atom is 0.309 e. The Morgan fingerprint density at radius 1 is 1.60 bits per heavy atom. The summed E-state index contributed by atoms with van der Waals surface area (Å²) in [4.78, 5) is 10.9. The minimum Gasteiger partial charge on any atom is -0.469 e. The van der Waals surface area contributed by atoms with Crippen LogP contribution in [0.2, 0.25) is 0 Å². The maximum atomic E-state index is 10.9. The molecule has 10 heavy (non-hydrogen) atoms. The molecule has 0 saturated heterocycles. The average molecular weight is 138 g/mol. The van der Waals surface area contributed by atoms with Gasteiger partial charge in [0.15, 0.2) is 0 Å². The molecule has 0 aromatic heterocycles. The topological polar surface area (TPSA) is 26.3 Å². The van der Waals surface area contributed by atoms with Crippen molar-refractivity contribution < 1.29 is 9.53 Å². The SMILES string of the molecule is COC(=O)C1CC#CCC1. The number of rotatable bonds is 1. The van der Waals surface area contributed by atoms with Crippen LogP contribution >= 0.6 is 0 Å². The first-order valence-corrected chi connectivity index (χ1v) is 3.38. The quantitative estimate of drug-likeness (QED) is 0.398. The van der Waals surface area contributed by atoms with Crippen molar-refractivity contribution in [2.45, 2.75) is 19.3 Å². The predicted octanol–water partition coefficient (Wildman–Crippen LogP) is 0.963. The number of methoxy groups -OCH3 is 1. The van der Waals surface area contributed by atoms with E-state index in [0.717, 1.165) is 12.8 Å². The van der Waals surface area contributed by atoms with Crippen molar-refractivity contribution in [2.75, 3.05) is 7.11 Å². The van der Waals surface area contributed by atoms with E-state index in [-0.39, 0.29) is 11.9 Å². The summed E-state index contributed by atoms with van der Waals surface area (Å²) in [6.07, 6.45) is 2.37. The molecule has 54 valence electrons. The summed E-state index contributed by atoms with van der Waals surface area (Å²) in [5, 5.41) is 0. The largest absolute Gasteiger partial charge is 0.469 e. The summed E-state index contributed by atoms with van der Waals surface area (Å²) in [5.74, 6) is 5.75. The molecule has 0 N–H and O–H groups in total. The monoisotopic (exact) mass is 138 g/mol. The van der Waals surface area contributed by atoms with Crippen molar-refractivity contribution >= 4 is 5.97 Å². The lowest BCUT2D eigenvalue weighted by Crippen LogP contribution is -2.16. The van der Waals surface area contributed by atoms with Crippen LogP contribution in [-0.4, -0.2) is 13.1 Å². The van der Waals surface area contributed by atoms with Gasteiger partial charge in [0.1, 0.15) is 0 Å². The fraction of sp³-hybridized carbons (Fsp3) is 0.625. The summed E-state index contributed by atoms with van der Waals surface area (Å²) < 4.78 is 4.58. The summed E-state index contributed by atoms with van der Waals surface area (Å²) in [6, 6.07) is 0. The molecule has 1 aliphatic carbocycles. The van der Waals surface area contributed by atoms with Crippen LogP contribution in [0.25, 0.3) is 0 Å². The van der Waals surface area contributed by atoms with Crippen LogP contribution in [0, 0.1) is 17.8 Å². The fourth-order valence-electron chi connectivity index (χ4n) is 1.00. The number of carbonyl (C=O) groups excluding carboxylic acids is 1. The van der Waals surface area contributed by atoms with Crippen LogP contribution in [0.3, 0.4) is 0 Å². The van der Waals surface area contributed by atoms with Gasteiger partial charge in [0, 0.05) is 12.8 Å².